The molecular formula is C14H28N2O2. The number of carbonyl (C=O) groups is 1. The standard InChI is InChI=1S/C14H28N2O2/c1-4-9-15-12-5-7-13(8-6-12)18-10-14(17)16-11(2)3/h11-13,15H,4-10H2,1-3H3,(H,16,17). The van der Waals surface area contributed by atoms with Crippen molar-refractivity contribution in [2.45, 2.75) is 71.1 Å². The van der Waals surface area contributed by atoms with Crippen molar-refractivity contribution < 1.29 is 9.53 Å². The molecule has 2 N–H and O–H groups in total. The minimum Gasteiger partial charge on any atom is -0.368 e. The van der Waals surface area contributed by atoms with E-state index < -0.39 is 0 Å². The Kier molecular flexibility index (Phi) is 7.28. The molecule has 0 unspecified atom stereocenters. The SMILES string of the molecule is CCCNC1CCC(OCC(=O)NC(C)C)CC1. The zero-order valence-electron chi connectivity index (χ0n) is 12.0. The highest BCUT2D eigenvalue weighted by Gasteiger charge is 2.21. The van der Waals surface area contributed by atoms with Crippen LogP contribution in [0.3, 0.4) is 0 Å². The Hall–Kier alpha value is -0.610. The first-order chi connectivity index (χ1) is 8.61. The summed E-state index contributed by atoms with van der Waals surface area (Å²) in [4.78, 5) is 11.5. The van der Waals surface area contributed by atoms with Gasteiger partial charge in [-0.15, -0.1) is 0 Å². The molecule has 0 saturated heterocycles. The van der Waals surface area contributed by atoms with Crippen molar-refractivity contribution in [1.82, 2.24) is 10.6 Å². The first-order valence-corrected chi connectivity index (χ1v) is 7.26. The quantitative estimate of drug-likeness (QED) is 0.731. The van der Waals surface area contributed by atoms with Crippen molar-refractivity contribution in [2.24, 2.45) is 0 Å². The number of rotatable bonds is 7. The highest BCUT2D eigenvalue weighted by molar-refractivity contribution is 5.77. The van der Waals surface area contributed by atoms with Crippen LogP contribution in [0.15, 0.2) is 0 Å². The molecule has 0 bridgehead atoms. The van der Waals surface area contributed by atoms with E-state index >= 15 is 0 Å². The van der Waals surface area contributed by atoms with Crippen LogP contribution in [-0.2, 0) is 9.53 Å². The molecule has 0 aromatic carbocycles. The molecule has 1 aliphatic carbocycles. The molecule has 0 heterocycles. The van der Waals surface area contributed by atoms with E-state index in [0.717, 1.165) is 32.2 Å². The summed E-state index contributed by atoms with van der Waals surface area (Å²) in [5, 5.41) is 6.39. The number of hydrogen-bond acceptors (Lipinski definition) is 3. The summed E-state index contributed by atoms with van der Waals surface area (Å²) in [7, 11) is 0. The fourth-order valence-electron chi connectivity index (χ4n) is 2.34. The lowest BCUT2D eigenvalue weighted by Gasteiger charge is -2.29. The third-order valence-electron chi connectivity index (χ3n) is 3.26. The highest BCUT2D eigenvalue weighted by atomic mass is 16.5. The number of amides is 1. The summed E-state index contributed by atoms with van der Waals surface area (Å²) in [5.41, 5.74) is 0. The van der Waals surface area contributed by atoms with E-state index in [1.54, 1.807) is 0 Å². The lowest BCUT2D eigenvalue weighted by Crippen LogP contribution is -2.38. The second-order valence-electron chi connectivity index (χ2n) is 5.46. The average Bonchev–Trinajstić information content (AvgIpc) is 2.34. The van der Waals surface area contributed by atoms with Gasteiger partial charge in [-0.25, -0.2) is 0 Å². The number of hydrogen-bond donors (Lipinski definition) is 2. The molecule has 4 nitrogen and oxygen atoms in total. The van der Waals surface area contributed by atoms with Gasteiger partial charge >= 0.3 is 0 Å². The van der Waals surface area contributed by atoms with Gasteiger partial charge in [0.15, 0.2) is 0 Å². The fourth-order valence-corrected chi connectivity index (χ4v) is 2.34. The van der Waals surface area contributed by atoms with E-state index in [1.165, 1.54) is 6.42 Å². The van der Waals surface area contributed by atoms with Crippen LogP contribution < -0.4 is 10.6 Å². The van der Waals surface area contributed by atoms with Gasteiger partial charge in [0, 0.05) is 12.1 Å². The van der Waals surface area contributed by atoms with Gasteiger partial charge in [0.1, 0.15) is 6.61 Å². The van der Waals surface area contributed by atoms with Crippen LogP contribution in [0.5, 0.6) is 0 Å². The molecule has 0 atom stereocenters. The molecule has 1 aliphatic rings. The van der Waals surface area contributed by atoms with Gasteiger partial charge in [0.25, 0.3) is 0 Å². The Labute approximate surface area is 111 Å². The zero-order valence-corrected chi connectivity index (χ0v) is 12.0. The topological polar surface area (TPSA) is 50.4 Å². The summed E-state index contributed by atoms with van der Waals surface area (Å²) in [6.45, 7) is 7.42. The van der Waals surface area contributed by atoms with Crippen LogP contribution in [0.1, 0.15) is 52.9 Å². The van der Waals surface area contributed by atoms with Crippen molar-refractivity contribution in [1.29, 1.82) is 0 Å². The molecule has 0 aliphatic heterocycles. The second kappa shape index (κ2) is 8.48. The summed E-state index contributed by atoms with van der Waals surface area (Å²) >= 11 is 0. The highest BCUT2D eigenvalue weighted by Crippen LogP contribution is 2.21. The largest absolute Gasteiger partial charge is 0.368 e. The van der Waals surface area contributed by atoms with Crippen molar-refractivity contribution in [3.8, 4) is 0 Å². The molecule has 1 amide bonds. The maximum Gasteiger partial charge on any atom is 0.246 e. The minimum atomic E-state index is -0.00349. The van der Waals surface area contributed by atoms with Crippen LogP contribution in [0, 0.1) is 0 Å². The van der Waals surface area contributed by atoms with Crippen LogP contribution >= 0.6 is 0 Å². The van der Waals surface area contributed by atoms with Crippen molar-refractivity contribution in [3.05, 3.63) is 0 Å². The van der Waals surface area contributed by atoms with Crippen LogP contribution in [0.2, 0.25) is 0 Å². The smallest absolute Gasteiger partial charge is 0.246 e. The summed E-state index contributed by atoms with van der Waals surface area (Å²) in [6.07, 6.45) is 5.91. The molecule has 1 saturated carbocycles. The van der Waals surface area contributed by atoms with Gasteiger partial charge in [0.05, 0.1) is 6.10 Å². The Bertz CT molecular complexity index is 236. The van der Waals surface area contributed by atoms with E-state index in [4.69, 9.17) is 4.74 Å². The summed E-state index contributed by atoms with van der Waals surface area (Å²) < 4.78 is 5.66. The molecule has 1 rings (SSSR count). The van der Waals surface area contributed by atoms with Crippen molar-refractivity contribution in [3.63, 3.8) is 0 Å². The lowest BCUT2D eigenvalue weighted by molar-refractivity contribution is -0.128. The van der Waals surface area contributed by atoms with E-state index in [1.807, 2.05) is 13.8 Å². The number of nitrogens with one attached hydrogen (secondary N) is 2. The van der Waals surface area contributed by atoms with E-state index in [-0.39, 0.29) is 24.7 Å². The fraction of sp³-hybridized carbons (Fsp3) is 0.929. The summed E-state index contributed by atoms with van der Waals surface area (Å²) in [6, 6.07) is 0.837. The molecule has 0 spiro atoms. The van der Waals surface area contributed by atoms with Gasteiger partial charge in [-0.3, -0.25) is 4.79 Å². The third kappa shape index (κ3) is 6.36. The predicted octanol–water partition coefficient (Wildman–Crippen LogP) is 1.84. The van der Waals surface area contributed by atoms with E-state index in [2.05, 4.69) is 17.6 Å². The molecule has 0 radical (unpaired) electrons. The van der Waals surface area contributed by atoms with Crippen LogP contribution in [0.25, 0.3) is 0 Å². The Balaban J connectivity index is 2.10. The second-order valence-corrected chi connectivity index (χ2v) is 5.46. The normalized spacial score (nSPS) is 24.2. The monoisotopic (exact) mass is 256 g/mol. The Morgan fingerprint density at radius 2 is 1.94 bits per heavy atom. The average molecular weight is 256 g/mol. The van der Waals surface area contributed by atoms with E-state index in [9.17, 15) is 4.79 Å². The maximum atomic E-state index is 11.5. The number of carbonyl (C=O) groups excluding carboxylic acids is 1. The van der Waals surface area contributed by atoms with Crippen LogP contribution in [-0.4, -0.2) is 37.2 Å². The summed E-state index contributed by atoms with van der Waals surface area (Å²) in [5.74, 6) is -0.00349. The van der Waals surface area contributed by atoms with Gasteiger partial charge in [-0.2, -0.15) is 0 Å². The Morgan fingerprint density at radius 1 is 1.28 bits per heavy atom. The minimum absolute atomic E-state index is 0.00349. The predicted molar refractivity (Wildman–Crippen MR) is 73.6 cm³/mol. The van der Waals surface area contributed by atoms with Crippen LogP contribution in [0.4, 0.5) is 0 Å². The molecule has 0 aromatic rings. The molecule has 106 valence electrons. The maximum absolute atomic E-state index is 11.5. The first-order valence-electron chi connectivity index (χ1n) is 7.26. The first kappa shape index (κ1) is 15.4. The molecular weight excluding hydrogens is 228 g/mol. The van der Waals surface area contributed by atoms with Crippen molar-refractivity contribution in [2.75, 3.05) is 13.2 Å². The van der Waals surface area contributed by atoms with Gasteiger partial charge < -0.3 is 15.4 Å². The molecule has 18 heavy (non-hydrogen) atoms. The van der Waals surface area contributed by atoms with Gasteiger partial charge in [-0.1, -0.05) is 6.92 Å². The van der Waals surface area contributed by atoms with E-state index in [0.29, 0.717) is 6.04 Å². The lowest BCUT2D eigenvalue weighted by atomic mass is 9.93. The third-order valence-corrected chi connectivity index (χ3v) is 3.26. The van der Waals surface area contributed by atoms with Crippen molar-refractivity contribution >= 4 is 5.91 Å². The van der Waals surface area contributed by atoms with Gasteiger partial charge in [0.2, 0.25) is 5.91 Å². The molecule has 0 aromatic heterocycles. The zero-order chi connectivity index (χ0) is 13.4. The number of ether oxygens (including phenoxy) is 1. The molecule has 1 fully saturated rings. The van der Waals surface area contributed by atoms with Gasteiger partial charge in [-0.05, 0) is 52.5 Å². The Morgan fingerprint density at radius 3 is 2.50 bits per heavy atom. The molecule has 4 heteroatoms.